The third-order valence-electron chi connectivity index (χ3n) is 4.92. The molecule has 0 fully saturated rings. The minimum atomic E-state index is -0.515. The highest BCUT2D eigenvalue weighted by molar-refractivity contribution is 6.33. The van der Waals surface area contributed by atoms with Gasteiger partial charge in [0.2, 0.25) is 5.78 Å². The van der Waals surface area contributed by atoms with Crippen molar-refractivity contribution in [1.29, 1.82) is 0 Å². The molecule has 0 atom stereocenters. The second kappa shape index (κ2) is 6.19. The zero-order chi connectivity index (χ0) is 18.3. The molecule has 0 saturated heterocycles. The molecule has 0 spiro atoms. The number of ketones is 2. The number of aldehydes is 1. The molecule has 3 aromatic rings. The average Bonchev–Trinajstić information content (AvgIpc) is 3.04. The van der Waals surface area contributed by atoms with Crippen LogP contribution in [0.4, 0.5) is 0 Å². The van der Waals surface area contributed by atoms with Gasteiger partial charge in [-0.1, -0.05) is 48.5 Å². The van der Waals surface area contributed by atoms with Gasteiger partial charge in [0.1, 0.15) is 0 Å². The SMILES string of the molecule is Cc1ccccc1C(=O)c1ccc2c(c1)Cc1cc(C(=O)C=O)ccc1-2. The maximum Gasteiger partial charge on any atom is 0.225 e. The number of hydrogen-bond donors (Lipinski definition) is 0. The van der Waals surface area contributed by atoms with E-state index in [0.29, 0.717) is 29.4 Å². The van der Waals surface area contributed by atoms with Crippen LogP contribution in [0.5, 0.6) is 0 Å². The van der Waals surface area contributed by atoms with Crippen LogP contribution in [-0.2, 0) is 11.2 Å². The van der Waals surface area contributed by atoms with Crippen molar-refractivity contribution in [3.8, 4) is 11.1 Å². The zero-order valence-electron chi connectivity index (χ0n) is 14.3. The number of carbonyl (C=O) groups excluding carboxylic acids is 3. The van der Waals surface area contributed by atoms with Crippen LogP contribution in [0.25, 0.3) is 11.1 Å². The van der Waals surface area contributed by atoms with E-state index in [0.717, 1.165) is 27.8 Å². The molecule has 0 aliphatic heterocycles. The quantitative estimate of drug-likeness (QED) is 0.318. The molecular weight excluding hydrogens is 324 g/mol. The van der Waals surface area contributed by atoms with E-state index >= 15 is 0 Å². The highest BCUT2D eigenvalue weighted by Crippen LogP contribution is 2.37. The molecule has 3 heteroatoms. The number of fused-ring (bicyclic) bond motifs is 3. The van der Waals surface area contributed by atoms with Gasteiger partial charge in [-0.05, 0) is 53.3 Å². The fourth-order valence-electron chi connectivity index (χ4n) is 3.56. The molecule has 0 aromatic heterocycles. The molecule has 0 heterocycles. The normalized spacial score (nSPS) is 11.6. The molecule has 4 rings (SSSR count). The van der Waals surface area contributed by atoms with Crippen LogP contribution in [0.2, 0.25) is 0 Å². The van der Waals surface area contributed by atoms with Crippen LogP contribution in [0.3, 0.4) is 0 Å². The lowest BCUT2D eigenvalue weighted by Gasteiger charge is -2.07. The summed E-state index contributed by atoms with van der Waals surface area (Å²) < 4.78 is 0. The summed E-state index contributed by atoms with van der Waals surface area (Å²) in [4.78, 5) is 35.2. The maximum atomic E-state index is 12.8. The van der Waals surface area contributed by atoms with E-state index in [1.807, 2.05) is 55.5 Å². The Bertz CT molecular complexity index is 1080. The van der Waals surface area contributed by atoms with Crippen LogP contribution in [-0.4, -0.2) is 17.9 Å². The van der Waals surface area contributed by atoms with Gasteiger partial charge in [-0.2, -0.15) is 0 Å². The molecule has 0 saturated carbocycles. The van der Waals surface area contributed by atoms with E-state index in [1.54, 1.807) is 12.1 Å². The predicted octanol–water partition coefficient (Wildman–Crippen LogP) is 4.18. The summed E-state index contributed by atoms with van der Waals surface area (Å²) in [6, 6.07) is 18.6. The molecule has 0 amide bonds. The summed E-state index contributed by atoms with van der Waals surface area (Å²) in [5, 5.41) is 0. The largest absolute Gasteiger partial charge is 0.294 e. The minimum absolute atomic E-state index is 0.0127. The monoisotopic (exact) mass is 340 g/mol. The van der Waals surface area contributed by atoms with Crippen LogP contribution in [0, 0.1) is 6.92 Å². The van der Waals surface area contributed by atoms with Gasteiger partial charge in [0.25, 0.3) is 0 Å². The predicted molar refractivity (Wildman–Crippen MR) is 99.7 cm³/mol. The maximum absolute atomic E-state index is 12.8. The smallest absolute Gasteiger partial charge is 0.225 e. The second-order valence-corrected chi connectivity index (χ2v) is 6.55. The van der Waals surface area contributed by atoms with Gasteiger partial charge in [0, 0.05) is 16.7 Å². The van der Waals surface area contributed by atoms with Gasteiger partial charge < -0.3 is 0 Å². The van der Waals surface area contributed by atoms with Gasteiger partial charge in [0.15, 0.2) is 12.1 Å². The molecule has 1 aliphatic carbocycles. The fourth-order valence-corrected chi connectivity index (χ4v) is 3.56. The van der Waals surface area contributed by atoms with Gasteiger partial charge in [0.05, 0.1) is 0 Å². The van der Waals surface area contributed by atoms with Gasteiger partial charge in [-0.25, -0.2) is 0 Å². The molecule has 1 aliphatic rings. The number of rotatable bonds is 4. The van der Waals surface area contributed by atoms with Crippen LogP contribution in [0.1, 0.15) is 43.0 Å². The van der Waals surface area contributed by atoms with Crippen molar-refractivity contribution in [3.05, 3.63) is 94.0 Å². The summed E-state index contributed by atoms with van der Waals surface area (Å²) in [7, 11) is 0. The standard InChI is InChI=1S/C23H16O3/c1-14-4-2-3-5-19(14)23(26)16-7-9-21-18(11-16)12-17-10-15(22(25)13-24)6-8-20(17)21/h2-11,13H,12H2,1H3. The van der Waals surface area contributed by atoms with Crippen LogP contribution in [0.15, 0.2) is 60.7 Å². The first-order valence-electron chi connectivity index (χ1n) is 8.44. The Morgan fingerprint density at radius 3 is 2.12 bits per heavy atom. The molecule has 26 heavy (non-hydrogen) atoms. The third-order valence-corrected chi connectivity index (χ3v) is 4.92. The fraction of sp³-hybridized carbons (Fsp3) is 0.0870. The van der Waals surface area contributed by atoms with Crippen molar-refractivity contribution in [2.75, 3.05) is 0 Å². The number of hydrogen-bond acceptors (Lipinski definition) is 3. The molecule has 3 aromatic carbocycles. The van der Waals surface area contributed by atoms with E-state index in [4.69, 9.17) is 0 Å². The first kappa shape index (κ1) is 16.2. The molecule has 0 bridgehead atoms. The third kappa shape index (κ3) is 2.58. The van der Waals surface area contributed by atoms with E-state index in [-0.39, 0.29) is 5.78 Å². The zero-order valence-corrected chi connectivity index (χ0v) is 14.3. The van der Waals surface area contributed by atoms with Gasteiger partial charge in [-0.3, -0.25) is 14.4 Å². The number of aryl methyl sites for hydroxylation is 1. The lowest BCUT2D eigenvalue weighted by Crippen LogP contribution is -2.04. The topological polar surface area (TPSA) is 51.2 Å². The summed E-state index contributed by atoms with van der Waals surface area (Å²) in [5.41, 5.74) is 6.94. The Morgan fingerprint density at radius 1 is 0.846 bits per heavy atom. The Morgan fingerprint density at radius 2 is 1.46 bits per heavy atom. The Labute approximate surface area is 151 Å². The van der Waals surface area contributed by atoms with E-state index in [2.05, 4.69) is 0 Å². The van der Waals surface area contributed by atoms with E-state index < -0.39 is 5.78 Å². The van der Waals surface area contributed by atoms with Crippen LogP contribution < -0.4 is 0 Å². The summed E-state index contributed by atoms with van der Waals surface area (Å²) in [6.07, 6.45) is 0.988. The molecular formula is C23H16O3. The Kier molecular flexibility index (Phi) is 3.85. The highest BCUT2D eigenvalue weighted by atomic mass is 16.2. The number of benzene rings is 3. The van der Waals surface area contributed by atoms with E-state index in [1.165, 1.54) is 0 Å². The summed E-state index contributed by atoms with van der Waals surface area (Å²) in [6.45, 7) is 1.93. The van der Waals surface area contributed by atoms with Crippen molar-refractivity contribution < 1.29 is 14.4 Å². The molecule has 126 valence electrons. The average molecular weight is 340 g/mol. The first-order chi connectivity index (χ1) is 12.6. The molecule has 0 N–H and O–H groups in total. The first-order valence-corrected chi connectivity index (χ1v) is 8.44. The van der Waals surface area contributed by atoms with Gasteiger partial charge in [-0.15, -0.1) is 0 Å². The van der Waals surface area contributed by atoms with Gasteiger partial charge >= 0.3 is 0 Å². The van der Waals surface area contributed by atoms with Crippen molar-refractivity contribution in [2.45, 2.75) is 13.3 Å². The van der Waals surface area contributed by atoms with Crippen molar-refractivity contribution >= 4 is 17.9 Å². The van der Waals surface area contributed by atoms with Crippen molar-refractivity contribution in [1.82, 2.24) is 0 Å². The van der Waals surface area contributed by atoms with Crippen molar-refractivity contribution in [2.24, 2.45) is 0 Å². The highest BCUT2D eigenvalue weighted by Gasteiger charge is 2.22. The Balaban J connectivity index is 1.71. The molecule has 0 radical (unpaired) electrons. The summed E-state index contributed by atoms with van der Waals surface area (Å²) in [5.74, 6) is -0.502. The second-order valence-electron chi connectivity index (χ2n) is 6.55. The van der Waals surface area contributed by atoms with E-state index in [9.17, 15) is 14.4 Å². The van der Waals surface area contributed by atoms with Crippen LogP contribution >= 0.6 is 0 Å². The lowest BCUT2D eigenvalue weighted by atomic mass is 9.96. The lowest BCUT2D eigenvalue weighted by molar-refractivity contribution is -0.104. The minimum Gasteiger partial charge on any atom is -0.294 e. The number of Topliss-reactive ketones (excluding diaryl/α,β-unsaturated/α-hetero) is 1. The Hall–Kier alpha value is -3.33. The number of carbonyl (C=O) groups is 3. The van der Waals surface area contributed by atoms with Crippen molar-refractivity contribution in [3.63, 3.8) is 0 Å². The molecule has 0 unspecified atom stereocenters. The summed E-state index contributed by atoms with van der Waals surface area (Å²) >= 11 is 0. The molecule has 3 nitrogen and oxygen atoms in total.